The molecule has 3 rings (SSSR count). The molecule has 5 nitrogen and oxygen atoms in total. The Morgan fingerprint density at radius 2 is 1.80 bits per heavy atom. The van der Waals surface area contributed by atoms with E-state index < -0.39 is 10.1 Å². The molecule has 2 aromatic carbocycles. The number of carbonyl (C=O) groups excluding carboxylic acids is 1. The highest BCUT2D eigenvalue weighted by Crippen LogP contribution is 2.29. The number of rotatable bonds is 5. The van der Waals surface area contributed by atoms with Crippen LogP contribution in [-0.4, -0.2) is 27.9 Å². The second-order valence-corrected chi connectivity index (χ2v) is 7.89. The molecule has 1 aliphatic carbocycles. The van der Waals surface area contributed by atoms with Gasteiger partial charge in [0.25, 0.3) is 10.1 Å². The van der Waals surface area contributed by atoms with E-state index in [0.717, 1.165) is 11.1 Å². The number of hydrogen-bond donors (Lipinski definition) is 0. The highest BCUT2D eigenvalue weighted by Gasteiger charge is 2.27. The normalized spacial score (nSPS) is 17.2. The number of ketones is 1. The van der Waals surface area contributed by atoms with E-state index in [1.165, 1.54) is 12.1 Å². The molecule has 0 unspecified atom stereocenters. The van der Waals surface area contributed by atoms with Gasteiger partial charge < -0.3 is 4.74 Å². The first-order chi connectivity index (χ1) is 11.9. The molecule has 132 valence electrons. The molecule has 0 spiro atoms. The van der Waals surface area contributed by atoms with Crippen molar-refractivity contribution in [3.8, 4) is 5.75 Å². The van der Waals surface area contributed by atoms with Crippen LogP contribution in [0.4, 0.5) is 0 Å². The van der Waals surface area contributed by atoms with Gasteiger partial charge in [-0.2, -0.15) is 8.42 Å². The van der Waals surface area contributed by atoms with Crippen molar-refractivity contribution in [1.82, 2.24) is 0 Å². The van der Waals surface area contributed by atoms with Gasteiger partial charge in [0.1, 0.15) is 5.75 Å². The highest BCUT2D eigenvalue weighted by molar-refractivity contribution is 7.86. The van der Waals surface area contributed by atoms with Crippen LogP contribution in [0.1, 0.15) is 27.9 Å². The van der Waals surface area contributed by atoms with Gasteiger partial charge >= 0.3 is 0 Å². The van der Waals surface area contributed by atoms with Crippen molar-refractivity contribution >= 4 is 15.9 Å². The minimum atomic E-state index is -3.81. The molecule has 1 atom stereocenters. The summed E-state index contributed by atoms with van der Waals surface area (Å²) in [5, 5.41) is 0. The van der Waals surface area contributed by atoms with E-state index in [0.29, 0.717) is 17.7 Å². The molecule has 0 aliphatic heterocycles. The van der Waals surface area contributed by atoms with Gasteiger partial charge in [0.15, 0.2) is 5.78 Å². The van der Waals surface area contributed by atoms with Crippen molar-refractivity contribution in [2.75, 3.05) is 13.7 Å². The van der Waals surface area contributed by atoms with Gasteiger partial charge in [0, 0.05) is 12.0 Å². The van der Waals surface area contributed by atoms with Crippen LogP contribution >= 0.6 is 0 Å². The Bertz CT molecular complexity index is 885. The Hall–Kier alpha value is -2.18. The predicted molar refractivity (Wildman–Crippen MR) is 93.5 cm³/mol. The van der Waals surface area contributed by atoms with Crippen LogP contribution in [0.25, 0.3) is 0 Å². The number of fused-ring (bicyclic) bond motifs is 1. The largest absolute Gasteiger partial charge is 0.497 e. The third-order valence-electron chi connectivity index (χ3n) is 4.37. The molecule has 0 bridgehead atoms. The molecule has 0 fully saturated rings. The van der Waals surface area contributed by atoms with Crippen LogP contribution < -0.4 is 4.74 Å². The molecule has 0 N–H and O–H groups in total. The van der Waals surface area contributed by atoms with E-state index in [4.69, 9.17) is 8.92 Å². The van der Waals surface area contributed by atoms with Crippen molar-refractivity contribution in [3.63, 3.8) is 0 Å². The van der Waals surface area contributed by atoms with Gasteiger partial charge in [0.2, 0.25) is 0 Å². The van der Waals surface area contributed by atoms with E-state index in [-0.39, 0.29) is 29.6 Å². The number of carbonyl (C=O) groups is 1. The van der Waals surface area contributed by atoms with E-state index >= 15 is 0 Å². The Morgan fingerprint density at radius 3 is 2.48 bits per heavy atom. The van der Waals surface area contributed by atoms with Gasteiger partial charge in [-0.05, 0) is 49.1 Å². The lowest BCUT2D eigenvalue weighted by atomic mass is 9.83. The van der Waals surface area contributed by atoms with Crippen LogP contribution in [0, 0.1) is 12.8 Å². The molecule has 0 aromatic heterocycles. The molecule has 6 heteroatoms. The summed E-state index contributed by atoms with van der Waals surface area (Å²) in [5.74, 6) is 0.471. The summed E-state index contributed by atoms with van der Waals surface area (Å²) in [6, 6.07) is 11.9. The molecule has 0 amide bonds. The smallest absolute Gasteiger partial charge is 0.296 e. The average molecular weight is 360 g/mol. The molecular weight excluding hydrogens is 340 g/mol. The summed E-state index contributed by atoms with van der Waals surface area (Å²) < 4.78 is 34.9. The second kappa shape index (κ2) is 6.98. The minimum absolute atomic E-state index is 0.00653. The van der Waals surface area contributed by atoms with Gasteiger partial charge in [-0.3, -0.25) is 8.98 Å². The standard InChI is InChI=1S/C19H20O5S/c1-13-3-7-17(8-4-13)25(21,22)24-12-14-9-15-5-6-16(23-2)11-18(15)19(20)10-14/h3-8,11,14H,9-10,12H2,1-2H3/t14-/m1/s1. The first-order valence-electron chi connectivity index (χ1n) is 8.05. The average Bonchev–Trinajstić information content (AvgIpc) is 2.60. The van der Waals surface area contributed by atoms with Crippen molar-refractivity contribution in [2.24, 2.45) is 5.92 Å². The number of ether oxygens (including phenoxy) is 1. The van der Waals surface area contributed by atoms with E-state index in [1.54, 1.807) is 31.4 Å². The summed E-state index contributed by atoms with van der Waals surface area (Å²) in [5.41, 5.74) is 2.53. The number of hydrogen-bond acceptors (Lipinski definition) is 5. The SMILES string of the molecule is COc1ccc2c(c1)C(=O)C[C@H](COS(=O)(=O)c1ccc(C)cc1)C2. The number of methoxy groups -OCH3 is 1. The third-order valence-corrected chi connectivity index (χ3v) is 5.66. The molecular formula is C19H20O5S. The van der Waals surface area contributed by atoms with E-state index in [1.807, 2.05) is 13.0 Å². The van der Waals surface area contributed by atoms with Crippen molar-refractivity contribution < 1.29 is 22.1 Å². The highest BCUT2D eigenvalue weighted by atomic mass is 32.2. The van der Waals surface area contributed by atoms with Gasteiger partial charge in [0.05, 0.1) is 18.6 Å². The van der Waals surface area contributed by atoms with E-state index in [9.17, 15) is 13.2 Å². The topological polar surface area (TPSA) is 69.7 Å². The zero-order valence-electron chi connectivity index (χ0n) is 14.2. The van der Waals surface area contributed by atoms with Crippen LogP contribution in [0.2, 0.25) is 0 Å². The summed E-state index contributed by atoms with van der Waals surface area (Å²) in [6.45, 7) is 1.88. The second-order valence-electron chi connectivity index (χ2n) is 6.27. The van der Waals surface area contributed by atoms with Crippen molar-refractivity contribution in [1.29, 1.82) is 0 Å². The van der Waals surface area contributed by atoms with Gasteiger partial charge in [-0.25, -0.2) is 0 Å². The fraction of sp³-hybridized carbons (Fsp3) is 0.316. The van der Waals surface area contributed by atoms with Crippen molar-refractivity contribution in [3.05, 3.63) is 59.2 Å². The predicted octanol–water partition coefficient (Wildman–Crippen LogP) is 3.15. The monoisotopic (exact) mass is 360 g/mol. The third kappa shape index (κ3) is 3.91. The summed E-state index contributed by atoms with van der Waals surface area (Å²) >= 11 is 0. The number of Topliss-reactive ketones (excluding diaryl/α,β-unsaturated/α-hetero) is 1. The Labute approximate surface area is 147 Å². The number of benzene rings is 2. The molecule has 0 heterocycles. The maximum atomic E-state index is 12.3. The lowest BCUT2D eigenvalue weighted by molar-refractivity contribution is 0.0927. The minimum Gasteiger partial charge on any atom is -0.497 e. The lowest BCUT2D eigenvalue weighted by Crippen LogP contribution is -2.25. The molecule has 0 radical (unpaired) electrons. The maximum absolute atomic E-state index is 12.3. The molecule has 2 aromatic rings. The molecule has 0 saturated heterocycles. The summed E-state index contributed by atoms with van der Waals surface area (Å²) in [6.07, 6.45) is 0.873. The first-order valence-corrected chi connectivity index (χ1v) is 9.46. The Kier molecular flexibility index (Phi) is 4.92. The lowest BCUT2D eigenvalue weighted by Gasteiger charge is -2.23. The van der Waals surface area contributed by atoms with Crippen LogP contribution in [-0.2, 0) is 20.7 Å². The molecule has 25 heavy (non-hydrogen) atoms. The Morgan fingerprint density at radius 1 is 1.08 bits per heavy atom. The fourth-order valence-corrected chi connectivity index (χ4v) is 3.93. The van der Waals surface area contributed by atoms with Crippen molar-refractivity contribution in [2.45, 2.75) is 24.7 Å². The van der Waals surface area contributed by atoms with Crippen LogP contribution in [0.5, 0.6) is 5.75 Å². The zero-order valence-corrected chi connectivity index (χ0v) is 15.0. The van der Waals surface area contributed by atoms with Gasteiger partial charge in [-0.1, -0.05) is 23.8 Å². The fourth-order valence-electron chi connectivity index (χ4n) is 2.95. The maximum Gasteiger partial charge on any atom is 0.296 e. The molecule has 0 saturated carbocycles. The zero-order chi connectivity index (χ0) is 18.0. The van der Waals surface area contributed by atoms with Crippen LogP contribution in [0.3, 0.4) is 0 Å². The molecule has 1 aliphatic rings. The van der Waals surface area contributed by atoms with Crippen LogP contribution in [0.15, 0.2) is 47.4 Å². The summed E-state index contributed by atoms with van der Waals surface area (Å²) in [7, 11) is -2.26. The quantitative estimate of drug-likeness (QED) is 0.766. The Balaban J connectivity index is 1.70. The number of aryl methyl sites for hydroxylation is 1. The summed E-state index contributed by atoms with van der Waals surface area (Å²) in [4.78, 5) is 12.5. The first kappa shape index (κ1) is 17.6. The van der Waals surface area contributed by atoms with Gasteiger partial charge in [-0.15, -0.1) is 0 Å². The van der Waals surface area contributed by atoms with E-state index in [2.05, 4.69) is 0 Å².